The zero-order chi connectivity index (χ0) is 14.8. The maximum absolute atomic E-state index is 5.88. The molecule has 0 amide bonds. The molecule has 7 nitrogen and oxygen atoms in total. The highest BCUT2D eigenvalue weighted by molar-refractivity contribution is 5.52. The van der Waals surface area contributed by atoms with Crippen LogP contribution in [-0.4, -0.2) is 23.0 Å². The van der Waals surface area contributed by atoms with E-state index in [1.807, 2.05) is 19.1 Å². The Hall–Kier alpha value is -2.28. The summed E-state index contributed by atoms with van der Waals surface area (Å²) < 4.78 is 21.6. The monoisotopic (exact) mass is 291 g/mol. The summed E-state index contributed by atoms with van der Waals surface area (Å²) in [4.78, 5) is 4.11. The van der Waals surface area contributed by atoms with Gasteiger partial charge in [0.1, 0.15) is 5.75 Å². The zero-order valence-corrected chi connectivity index (χ0v) is 12.0. The second-order valence-electron chi connectivity index (χ2n) is 5.02. The Bertz CT molecular complexity index is 639. The molecule has 2 heterocycles. The van der Waals surface area contributed by atoms with Gasteiger partial charge in [-0.15, -0.1) is 0 Å². The summed E-state index contributed by atoms with van der Waals surface area (Å²) in [7, 11) is 0. The number of nitrogens with zero attached hydrogens (tertiary/aromatic N) is 2. The molecule has 7 heteroatoms. The second kappa shape index (κ2) is 5.61. The molecule has 0 spiro atoms. The van der Waals surface area contributed by atoms with Gasteiger partial charge in [0.05, 0.1) is 0 Å². The zero-order valence-electron chi connectivity index (χ0n) is 12.0. The number of nitrogens with two attached hydrogens (primary N) is 1. The Morgan fingerprint density at radius 3 is 2.76 bits per heavy atom. The molecule has 21 heavy (non-hydrogen) atoms. The number of benzene rings is 1. The minimum absolute atomic E-state index is 0.0124. The van der Waals surface area contributed by atoms with Crippen LogP contribution in [0.4, 0.5) is 0 Å². The number of fused-ring (bicyclic) bond motifs is 1. The van der Waals surface area contributed by atoms with E-state index >= 15 is 0 Å². The Labute approximate surface area is 122 Å². The highest BCUT2D eigenvalue weighted by Crippen LogP contribution is 2.38. The number of aryl methyl sites for hydroxylation is 1. The van der Waals surface area contributed by atoms with E-state index in [1.54, 1.807) is 6.92 Å². The van der Waals surface area contributed by atoms with Gasteiger partial charge >= 0.3 is 0 Å². The van der Waals surface area contributed by atoms with Crippen molar-refractivity contribution in [3.63, 3.8) is 0 Å². The third-order valence-corrected chi connectivity index (χ3v) is 3.02. The SMILES string of the molecule is Cc1noc(COc2cc3c(cc2CC(C)N)OCO3)n1. The van der Waals surface area contributed by atoms with Crippen LogP contribution in [0.5, 0.6) is 17.2 Å². The highest BCUT2D eigenvalue weighted by Gasteiger charge is 2.19. The molecule has 112 valence electrons. The van der Waals surface area contributed by atoms with Gasteiger partial charge in [0.15, 0.2) is 23.9 Å². The average molecular weight is 291 g/mol. The molecule has 0 bridgehead atoms. The molecule has 3 rings (SSSR count). The van der Waals surface area contributed by atoms with Crippen LogP contribution in [0.1, 0.15) is 24.2 Å². The maximum atomic E-state index is 5.88. The van der Waals surface area contributed by atoms with E-state index in [4.69, 9.17) is 24.5 Å². The molecular formula is C14H17N3O4. The fraction of sp³-hybridized carbons (Fsp3) is 0.429. The topological polar surface area (TPSA) is 92.6 Å². The minimum Gasteiger partial charge on any atom is -0.483 e. The molecule has 1 aliphatic rings. The predicted octanol–water partition coefficient (Wildman–Crippen LogP) is 1.58. The lowest BCUT2D eigenvalue weighted by atomic mass is 10.1. The van der Waals surface area contributed by atoms with Crippen molar-refractivity contribution in [1.29, 1.82) is 0 Å². The van der Waals surface area contributed by atoms with Crippen molar-refractivity contribution in [3.8, 4) is 17.2 Å². The number of aromatic nitrogens is 2. The molecule has 1 atom stereocenters. The lowest BCUT2D eigenvalue weighted by Crippen LogP contribution is -2.18. The average Bonchev–Trinajstić information content (AvgIpc) is 3.03. The Balaban J connectivity index is 1.81. The fourth-order valence-electron chi connectivity index (χ4n) is 2.14. The first-order valence-electron chi connectivity index (χ1n) is 6.72. The fourth-order valence-corrected chi connectivity index (χ4v) is 2.14. The highest BCUT2D eigenvalue weighted by atomic mass is 16.7. The third kappa shape index (κ3) is 3.08. The summed E-state index contributed by atoms with van der Waals surface area (Å²) in [5, 5.41) is 3.73. The molecule has 0 saturated carbocycles. The summed E-state index contributed by atoms with van der Waals surface area (Å²) in [5.41, 5.74) is 6.84. The number of ether oxygens (including phenoxy) is 3. The molecule has 0 radical (unpaired) electrons. The van der Waals surface area contributed by atoms with E-state index in [2.05, 4.69) is 10.1 Å². The molecular weight excluding hydrogens is 274 g/mol. The molecule has 1 aliphatic heterocycles. The molecule has 1 unspecified atom stereocenters. The van der Waals surface area contributed by atoms with Gasteiger partial charge in [0.2, 0.25) is 6.79 Å². The predicted molar refractivity (Wildman–Crippen MR) is 73.3 cm³/mol. The number of rotatable bonds is 5. The van der Waals surface area contributed by atoms with Crippen LogP contribution in [0.25, 0.3) is 0 Å². The van der Waals surface area contributed by atoms with Crippen molar-refractivity contribution in [3.05, 3.63) is 29.4 Å². The summed E-state index contributed by atoms with van der Waals surface area (Å²) in [6.07, 6.45) is 0.675. The van der Waals surface area contributed by atoms with Gasteiger partial charge in [-0.1, -0.05) is 5.16 Å². The summed E-state index contributed by atoms with van der Waals surface area (Å²) in [6, 6.07) is 3.72. The third-order valence-electron chi connectivity index (χ3n) is 3.02. The molecule has 0 aliphatic carbocycles. The van der Waals surface area contributed by atoms with Gasteiger partial charge in [-0.3, -0.25) is 0 Å². The first kappa shape index (κ1) is 13.7. The van der Waals surface area contributed by atoms with Gasteiger partial charge in [-0.05, 0) is 31.9 Å². The first-order chi connectivity index (χ1) is 10.1. The molecule has 0 saturated heterocycles. The van der Waals surface area contributed by atoms with Crippen LogP contribution >= 0.6 is 0 Å². The number of hydrogen-bond acceptors (Lipinski definition) is 7. The standard InChI is InChI=1S/C14H17N3O4/c1-8(15)3-10-4-12-13(20-7-19-12)5-11(10)18-6-14-16-9(2)17-21-14/h4-5,8H,3,6-7,15H2,1-2H3. The number of hydrogen-bond donors (Lipinski definition) is 1. The van der Waals surface area contributed by atoms with Crippen LogP contribution in [-0.2, 0) is 13.0 Å². The van der Waals surface area contributed by atoms with Crippen LogP contribution in [0.3, 0.4) is 0 Å². The van der Waals surface area contributed by atoms with Gasteiger partial charge in [0.25, 0.3) is 5.89 Å². The maximum Gasteiger partial charge on any atom is 0.264 e. The lowest BCUT2D eigenvalue weighted by molar-refractivity contribution is 0.173. The van der Waals surface area contributed by atoms with E-state index in [1.165, 1.54) is 0 Å². The molecule has 1 aromatic heterocycles. The lowest BCUT2D eigenvalue weighted by Gasteiger charge is -2.13. The molecule has 0 fully saturated rings. The summed E-state index contributed by atoms with van der Waals surface area (Å²) >= 11 is 0. The van der Waals surface area contributed by atoms with Crippen molar-refractivity contribution in [1.82, 2.24) is 10.1 Å². The van der Waals surface area contributed by atoms with Gasteiger partial charge in [-0.2, -0.15) is 4.98 Å². The van der Waals surface area contributed by atoms with E-state index < -0.39 is 0 Å². The summed E-state index contributed by atoms with van der Waals surface area (Å²) in [5.74, 6) is 3.08. The van der Waals surface area contributed by atoms with Crippen LogP contribution in [0, 0.1) is 6.92 Å². The Kier molecular flexibility index (Phi) is 3.66. The van der Waals surface area contributed by atoms with Crippen molar-refractivity contribution in [2.45, 2.75) is 32.9 Å². The minimum atomic E-state index is 0.0124. The Morgan fingerprint density at radius 1 is 1.33 bits per heavy atom. The molecule has 1 aromatic carbocycles. The molecule has 2 aromatic rings. The van der Waals surface area contributed by atoms with Crippen LogP contribution < -0.4 is 19.9 Å². The van der Waals surface area contributed by atoms with Crippen molar-refractivity contribution >= 4 is 0 Å². The van der Waals surface area contributed by atoms with Gasteiger partial charge in [0, 0.05) is 12.1 Å². The normalized spacial score (nSPS) is 14.2. The van der Waals surface area contributed by atoms with Crippen molar-refractivity contribution in [2.24, 2.45) is 5.73 Å². The summed E-state index contributed by atoms with van der Waals surface area (Å²) in [6.45, 7) is 4.12. The van der Waals surface area contributed by atoms with Crippen molar-refractivity contribution < 1.29 is 18.7 Å². The Morgan fingerprint density at radius 2 is 2.10 bits per heavy atom. The van der Waals surface area contributed by atoms with E-state index in [0.717, 1.165) is 5.56 Å². The van der Waals surface area contributed by atoms with E-state index in [9.17, 15) is 0 Å². The van der Waals surface area contributed by atoms with Crippen LogP contribution in [0.2, 0.25) is 0 Å². The van der Waals surface area contributed by atoms with Gasteiger partial charge < -0.3 is 24.5 Å². The van der Waals surface area contributed by atoms with Gasteiger partial charge in [-0.25, -0.2) is 0 Å². The largest absolute Gasteiger partial charge is 0.483 e. The molecule has 2 N–H and O–H groups in total. The van der Waals surface area contributed by atoms with E-state index in [0.29, 0.717) is 35.4 Å². The second-order valence-corrected chi connectivity index (χ2v) is 5.02. The first-order valence-corrected chi connectivity index (χ1v) is 6.72. The quantitative estimate of drug-likeness (QED) is 0.893. The smallest absolute Gasteiger partial charge is 0.264 e. The van der Waals surface area contributed by atoms with Crippen LogP contribution in [0.15, 0.2) is 16.7 Å². The van der Waals surface area contributed by atoms with E-state index in [-0.39, 0.29) is 19.4 Å². The van der Waals surface area contributed by atoms with Crippen molar-refractivity contribution in [2.75, 3.05) is 6.79 Å².